The average Bonchev–Trinajstić information content (AvgIpc) is 3.19. The van der Waals surface area contributed by atoms with E-state index >= 15 is 0 Å². The fourth-order valence-corrected chi connectivity index (χ4v) is 4.64. The lowest BCUT2D eigenvalue weighted by Crippen LogP contribution is -2.19. The number of aryl methyl sites for hydroxylation is 3. The summed E-state index contributed by atoms with van der Waals surface area (Å²) in [5.74, 6) is -0.182. The molecule has 7 nitrogen and oxygen atoms in total. The number of hydrogen-bond acceptors (Lipinski definition) is 5. The molecule has 32 heavy (non-hydrogen) atoms. The van der Waals surface area contributed by atoms with Crippen LogP contribution >= 0.6 is 11.8 Å². The molecule has 1 aliphatic rings. The summed E-state index contributed by atoms with van der Waals surface area (Å²) >= 11 is 1.31. The number of amides is 1. The summed E-state index contributed by atoms with van der Waals surface area (Å²) in [5, 5.41) is 14.3. The Balaban J connectivity index is 1.63. The van der Waals surface area contributed by atoms with Crippen LogP contribution in [0.4, 0.5) is 11.4 Å². The Morgan fingerprint density at radius 1 is 1.03 bits per heavy atom. The van der Waals surface area contributed by atoms with Crippen LogP contribution < -0.4 is 5.32 Å². The second-order valence-electron chi connectivity index (χ2n) is 7.76. The molecule has 3 aromatic rings. The number of rotatable bonds is 4. The van der Waals surface area contributed by atoms with Gasteiger partial charge in [0.05, 0.1) is 15.5 Å². The number of benzene rings is 2. The monoisotopic (exact) mass is 446 g/mol. The van der Waals surface area contributed by atoms with E-state index in [1.54, 1.807) is 12.1 Å². The Kier molecular flexibility index (Phi) is 5.71. The third-order valence-electron chi connectivity index (χ3n) is 5.16. The lowest BCUT2D eigenvalue weighted by atomic mass is 10.1. The van der Waals surface area contributed by atoms with Gasteiger partial charge in [-0.25, -0.2) is 4.99 Å². The third kappa shape index (κ3) is 4.36. The molecule has 2 aromatic carbocycles. The van der Waals surface area contributed by atoms with Crippen molar-refractivity contribution in [1.82, 2.24) is 9.88 Å². The number of carbonyl (C=O) groups excluding carboxylic acids is 1. The van der Waals surface area contributed by atoms with Crippen molar-refractivity contribution in [2.75, 3.05) is 0 Å². The molecule has 2 heterocycles. The van der Waals surface area contributed by atoms with Crippen molar-refractivity contribution in [3.8, 4) is 5.69 Å². The molecule has 1 saturated heterocycles. The quantitative estimate of drug-likeness (QED) is 0.325. The summed E-state index contributed by atoms with van der Waals surface area (Å²) in [5.41, 5.74) is 6.74. The van der Waals surface area contributed by atoms with Crippen LogP contribution in [0.5, 0.6) is 0 Å². The number of amidine groups is 1. The van der Waals surface area contributed by atoms with Crippen LogP contribution in [-0.2, 0) is 4.79 Å². The van der Waals surface area contributed by atoms with Crippen LogP contribution in [0.1, 0.15) is 28.1 Å². The number of nitrogens with zero attached hydrogens (tertiary/aromatic N) is 3. The molecule has 1 N–H and O–H groups in total. The Hall–Kier alpha value is -3.65. The van der Waals surface area contributed by atoms with Gasteiger partial charge in [0, 0.05) is 29.2 Å². The van der Waals surface area contributed by atoms with Crippen molar-refractivity contribution in [3.63, 3.8) is 0 Å². The molecule has 0 unspecified atom stereocenters. The summed E-state index contributed by atoms with van der Waals surface area (Å²) in [4.78, 5) is 28.2. The number of aliphatic imine (C=N–C) groups is 1. The van der Waals surface area contributed by atoms with E-state index in [2.05, 4.69) is 16.4 Å². The Bertz CT molecular complexity index is 1280. The van der Waals surface area contributed by atoms with Crippen LogP contribution in [0, 0.1) is 37.8 Å². The van der Waals surface area contributed by atoms with Crippen molar-refractivity contribution < 1.29 is 9.72 Å². The molecule has 0 bridgehead atoms. The standard InChI is InChI=1S/C24H22N4O3S/c1-14-9-15(2)11-19(10-14)25-24-26-23(29)22(32-24)13-18-12-16(3)27(17(18)4)20-5-7-21(8-6-20)28(30)31/h5-13H,1-4H3,(H,25,26,29)/b22-13+. The highest BCUT2D eigenvalue weighted by Gasteiger charge is 2.24. The zero-order chi connectivity index (χ0) is 23.0. The van der Waals surface area contributed by atoms with E-state index in [9.17, 15) is 14.9 Å². The van der Waals surface area contributed by atoms with E-state index < -0.39 is 4.92 Å². The maximum absolute atomic E-state index is 12.5. The van der Waals surface area contributed by atoms with Crippen LogP contribution in [0.15, 0.2) is 58.4 Å². The summed E-state index contributed by atoms with van der Waals surface area (Å²) in [6.07, 6.45) is 1.86. The normalized spacial score (nSPS) is 16.1. The van der Waals surface area contributed by atoms with Gasteiger partial charge in [0.2, 0.25) is 0 Å². The predicted molar refractivity (Wildman–Crippen MR) is 129 cm³/mol. The van der Waals surface area contributed by atoms with Crippen LogP contribution in [0.25, 0.3) is 11.8 Å². The molecular weight excluding hydrogens is 424 g/mol. The van der Waals surface area contributed by atoms with Gasteiger partial charge in [-0.05, 0) is 92.6 Å². The molecule has 4 rings (SSSR count). The summed E-state index contributed by atoms with van der Waals surface area (Å²) in [6, 6.07) is 14.5. The largest absolute Gasteiger partial charge is 0.318 e. The fraction of sp³-hybridized carbons (Fsp3) is 0.167. The van der Waals surface area contributed by atoms with Crippen molar-refractivity contribution >= 4 is 40.3 Å². The fourth-order valence-electron chi connectivity index (χ4n) is 3.81. The van der Waals surface area contributed by atoms with Gasteiger partial charge < -0.3 is 9.88 Å². The highest BCUT2D eigenvalue weighted by Crippen LogP contribution is 2.31. The molecular formula is C24H22N4O3S. The van der Waals surface area contributed by atoms with Crippen molar-refractivity contribution in [2.24, 2.45) is 4.99 Å². The van der Waals surface area contributed by atoms with Gasteiger partial charge >= 0.3 is 0 Å². The van der Waals surface area contributed by atoms with Gasteiger partial charge in [0.15, 0.2) is 5.17 Å². The molecule has 8 heteroatoms. The molecule has 0 saturated carbocycles. The van der Waals surface area contributed by atoms with Crippen molar-refractivity contribution in [1.29, 1.82) is 0 Å². The summed E-state index contributed by atoms with van der Waals surface area (Å²) in [6.45, 7) is 7.96. The van der Waals surface area contributed by atoms with E-state index in [0.29, 0.717) is 10.1 Å². The molecule has 0 radical (unpaired) electrons. The van der Waals surface area contributed by atoms with Crippen LogP contribution in [0.3, 0.4) is 0 Å². The first-order chi connectivity index (χ1) is 15.2. The first kappa shape index (κ1) is 21.6. The van der Waals surface area contributed by atoms with Crippen LogP contribution in [0.2, 0.25) is 0 Å². The Morgan fingerprint density at radius 2 is 1.69 bits per heavy atom. The number of hydrogen-bond donors (Lipinski definition) is 1. The highest BCUT2D eigenvalue weighted by atomic mass is 32.2. The summed E-state index contributed by atoms with van der Waals surface area (Å²) in [7, 11) is 0. The topological polar surface area (TPSA) is 89.5 Å². The smallest absolute Gasteiger partial charge is 0.269 e. The number of aromatic nitrogens is 1. The minimum atomic E-state index is -0.415. The Labute approximate surface area is 190 Å². The first-order valence-electron chi connectivity index (χ1n) is 10.0. The minimum Gasteiger partial charge on any atom is -0.318 e. The van der Waals surface area contributed by atoms with Gasteiger partial charge in [0.25, 0.3) is 11.6 Å². The van der Waals surface area contributed by atoms with Crippen LogP contribution in [-0.4, -0.2) is 20.6 Å². The SMILES string of the molecule is Cc1cc(C)cc(N=C2NC(=O)/C(=C\c3cc(C)n(-c4ccc([N+](=O)[O-])cc4)c3C)S2)c1. The molecule has 1 aromatic heterocycles. The van der Waals surface area contributed by atoms with E-state index in [4.69, 9.17) is 0 Å². The number of carbonyl (C=O) groups is 1. The molecule has 162 valence electrons. The van der Waals surface area contributed by atoms with E-state index in [1.165, 1.54) is 23.9 Å². The first-order valence-corrected chi connectivity index (χ1v) is 10.8. The average molecular weight is 447 g/mol. The number of non-ortho nitro benzene ring substituents is 1. The van der Waals surface area contributed by atoms with Gasteiger partial charge in [-0.15, -0.1) is 0 Å². The van der Waals surface area contributed by atoms with E-state index in [1.807, 2.05) is 56.5 Å². The van der Waals surface area contributed by atoms with Gasteiger partial charge in [-0.3, -0.25) is 14.9 Å². The lowest BCUT2D eigenvalue weighted by Gasteiger charge is -2.09. The maximum Gasteiger partial charge on any atom is 0.269 e. The molecule has 1 fully saturated rings. The van der Waals surface area contributed by atoms with Crippen molar-refractivity contribution in [2.45, 2.75) is 27.7 Å². The van der Waals surface area contributed by atoms with E-state index in [-0.39, 0.29) is 11.6 Å². The van der Waals surface area contributed by atoms with Gasteiger partial charge in [-0.1, -0.05) is 6.07 Å². The highest BCUT2D eigenvalue weighted by molar-refractivity contribution is 8.18. The molecule has 0 spiro atoms. The number of thioether (sulfide) groups is 1. The zero-order valence-electron chi connectivity index (χ0n) is 18.2. The number of nitro benzene ring substituents is 1. The molecule has 1 aliphatic heterocycles. The lowest BCUT2D eigenvalue weighted by molar-refractivity contribution is -0.384. The molecule has 0 aliphatic carbocycles. The van der Waals surface area contributed by atoms with Crippen molar-refractivity contribution in [3.05, 3.63) is 91.6 Å². The number of nitrogens with one attached hydrogen (secondary N) is 1. The maximum atomic E-state index is 12.5. The molecule has 0 atom stereocenters. The van der Waals surface area contributed by atoms with Gasteiger partial charge in [-0.2, -0.15) is 0 Å². The van der Waals surface area contributed by atoms with E-state index in [0.717, 1.165) is 39.5 Å². The third-order valence-corrected chi connectivity index (χ3v) is 6.07. The second-order valence-corrected chi connectivity index (χ2v) is 8.79. The Morgan fingerprint density at radius 3 is 2.31 bits per heavy atom. The second kappa shape index (κ2) is 8.47. The number of nitro groups is 1. The zero-order valence-corrected chi connectivity index (χ0v) is 19.0. The predicted octanol–water partition coefficient (Wildman–Crippen LogP) is 5.51. The molecule has 1 amide bonds. The van der Waals surface area contributed by atoms with Gasteiger partial charge in [0.1, 0.15) is 0 Å². The minimum absolute atomic E-state index is 0.0493. The summed E-state index contributed by atoms with van der Waals surface area (Å²) < 4.78 is 2.01.